The van der Waals surface area contributed by atoms with E-state index in [0.717, 1.165) is 48.2 Å². The van der Waals surface area contributed by atoms with Gasteiger partial charge in [-0.05, 0) is 79.8 Å². The second-order valence-electron chi connectivity index (χ2n) is 10.9. The van der Waals surface area contributed by atoms with Crippen molar-refractivity contribution >= 4 is 29.4 Å². The van der Waals surface area contributed by atoms with Gasteiger partial charge in [0.1, 0.15) is 18.2 Å². The topological polar surface area (TPSA) is 87.2 Å². The molecule has 0 bridgehead atoms. The number of carbonyl (C=O) groups excluding carboxylic acids is 2. The highest BCUT2D eigenvalue weighted by atomic mass is 35.5. The molecule has 2 aromatic rings. The molecule has 1 saturated carbocycles. The minimum absolute atomic E-state index is 0.0829. The van der Waals surface area contributed by atoms with E-state index >= 15 is 0 Å². The minimum atomic E-state index is -0.714. The first-order chi connectivity index (χ1) is 19.2. The number of amides is 2. The Morgan fingerprint density at radius 1 is 1.12 bits per heavy atom. The molecule has 1 heterocycles. The molecule has 7 nitrogen and oxygen atoms in total. The van der Waals surface area contributed by atoms with Crippen LogP contribution in [0.2, 0.25) is 5.02 Å². The van der Waals surface area contributed by atoms with Crippen LogP contribution in [0.3, 0.4) is 0 Å². The van der Waals surface area contributed by atoms with E-state index < -0.39 is 11.8 Å². The summed E-state index contributed by atoms with van der Waals surface area (Å²) in [6.07, 6.45) is 4.35. The number of rotatable bonds is 12. The van der Waals surface area contributed by atoms with Crippen molar-refractivity contribution in [3.63, 3.8) is 0 Å². The quantitative estimate of drug-likeness (QED) is 0.313. The van der Waals surface area contributed by atoms with E-state index in [-0.39, 0.29) is 54.8 Å². The molecule has 1 aliphatic heterocycles. The third-order valence-corrected chi connectivity index (χ3v) is 8.59. The summed E-state index contributed by atoms with van der Waals surface area (Å²) in [6.45, 7) is 6.01. The Morgan fingerprint density at radius 2 is 1.82 bits per heavy atom. The number of carboxylic acid groups (broad SMARTS) is 1. The van der Waals surface area contributed by atoms with E-state index in [0.29, 0.717) is 25.3 Å². The number of carbonyl (C=O) groups is 3. The first kappa shape index (κ1) is 30.0. The SMILES string of the molecule is CCc1cc(CN(CC2CCC(C(=O)O)CC2)C(C)c2ccc(Cl)c(F)c2)ccc1OCCN1C(=O)CCC1=O. The molecule has 1 unspecified atom stereocenters. The molecule has 0 spiro atoms. The van der Waals surface area contributed by atoms with Gasteiger partial charge in [-0.15, -0.1) is 0 Å². The summed E-state index contributed by atoms with van der Waals surface area (Å²) in [7, 11) is 0. The van der Waals surface area contributed by atoms with Crippen LogP contribution in [0.1, 0.15) is 75.1 Å². The van der Waals surface area contributed by atoms with E-state index in [1.807, 2.05) is 18.2 Å². The maximum atomic E-state index is 14.3. The molecule has 0 aromatic heterocycles. The van der Waals surface area contributed by atoms with Crippen LogP contribution in [-0.2, 0) is 27.3 Å². The van der Waals surface area contributed by atoms with Crippen LogP contribution >= 0.6 is 11.6 Å². The molecule has 1 saturated heterocycles. The van der Waals surface area contributed by atoms with Gasteiger partial charge >= 0.3 is 5.97 Å². The van der Waals surface area contributed by atoms with Crippen molar-refractivity contribution in [3.8, 4) is 5.75 Å². The van der Waals surface area contributed by atoms with Crippen LogP contribution in [0, 0.1) is 17.7 Å². The zero-order chi connectivity index (χ0) is 28.8. The van der Waals surface area contributed by atoms with Gasteiger partial charge < -0.3 is 9.84 Å². The number of aryl methyl sites for hydroxylation is 1. The fourth-order valence-corrected chi connectivity index (χ4v) is 5.89. The van der Waals surface area contributed by atoms with Crippen LogP contribution in [0.5, 0.6) is 5.75 Å². The predicted molar refractivity (Wildman–Crippen MR) is 151 cm³/mol. The lowest BCUT2D eigenvalue weighted by Gasteiger charge is -2.35. The Kier molecular flexibility index (Phi) is 10.2. The summed E-state index contributed by atoms with van der Waals surface area (Å²) in [5.74, 6) is -0.629. The molecule has 40 heavy (non-hydrogen) atoms. The van der Waals surface area contributed by atoms with E-state index in [2.05, 4.69) is 24.8 Å². The Labute approximate surface area is 240 Å². The summed E-state index contributed by atoms with van der Waals surface area (Å²) in [5, 5.41) is 9.49. The van der Waals surface area contributed by atoms with Gasteiger partial charge in [0.05, 0.1) is 17.5 Å². The second kappa shape index (κ2) is 13.6. The van der Waals surface area contributed by atoms with Gasteiger partial charge in [-0.3, -0.25) is 24.2 Å². The van der Waals surface area contributed by atoms with Crippen LogP contribution in [0.4, 0.5) is 4.39 Å². The first-order valence-electron chi connectivity index (χ1n) is 14.2. The molecular formula is C31H38ClFN2O5. The van der Waals surface area contributed by atoms with Gasteiger partial charge in [-0.1, -0.05) is 36.7 Å². The highest BCUT2D eigenvalue weighted by Gasteiger charge is 2.30. The van der Waals surface area contributed by atoms with Gasteiger partial charge in [0.25, 0.3) is 0 Å². The number of aliphatic carboxylic acids is 1. The average Bonchev–Trinajstić information content (AvgIpc) is 3.27. The molecule has 9 heteroatoms. The third kappa shape index (κ3) is 7.40. The second-order valence-corrected chi connectivity index (χ2v) is 11.3. The van der Waals surface area contributed by atoms with Crippen molar-refractivity contribution < 1.29 is 28.6 Å². The number of ether oxygens (including phenoxy) is 1. The molecule has 4 rings (SSSR count). The van der Waals surface area contributed by atoms with Gasteiger partial charge in [-0.2, -0.15) is 0 Å². The van der Waals surface area contributed by atoms with E-state index in [1.165, 1.54) is 11.0 Å². The Hall–Kier alpha value is -2.97. The summed E-state index contributed by atoms with van der Waals surface area (Å²) in [4.78, 5) is 38.8. The largest absolute Gasteiger partial charge is 0.491 e. The number of imide groups is 1. The maximum Gasteiger partial charge on any atom is 0.306 e. The molecule has 1 atom stereocenters. The van der Waals surface area contributed by atoms with Gasteiger partial charge in [-0.25, -0.2) is 4.39 Å². The normalized spacial score (nSPS) is 20.3. The smallest absolute Gasteiger partial charge is 0.306 e. The molecule has 0 radical (unpaired) electrons. The van der Waals surface area contributed by atoms with E-state index in [9.17, 15) is 23.9 Å². The Morgan fingerprint density at radius 3 is 2.45 bits per heavy atom. The number of halogens is 2. The molecule has 1 N–H and O–H groups in total. The van der Waals surface area contributed by atoms with Crippen molar-refractivity contribution in [3.05, 3.63) is 63.9 Å². The molecular weight excluding hydrogens is 535 g/mol. The van der Waals surface area contributed by atoms with Crippen LogP contribution < -0.4 is 4.74 Å². The number of hydrogen-bond acceptors (Lipinski definition) is 5. The lowest BCUT2D eigenvalue weighted by atomic mass is 9.81. The van der Waals surface area contributed by atoms with Gasteiger partial charge in [0.2, 0.25) is 11.8 Å². The van der Waals surface area contributed by atoms with E-state index in [1.54, 1.807) is 6.07 Å². The van der Waals surface area contributed by atoms with Crippen molar-refractivity contribution in [2.75, 3.05) is 19.7 Å². The number of carboxylic acids is 1. The fourth-order valence-electron chi connectivity index (χ4n) is 5.77. The van der Waals surface area contributed by atoms with Crippen molar-refractivity contribution in [1.82, 2.24) is 9.80 Å². The van der Waals surface area contributed by atoms with Gasteiger partial charge in [0, 0.05) is 32.0 Å². The standard InChI is InChI=1S/C31H38ClFN2O5/c1-3-23-16-22(6-11-28(23)40-15-14-35-29(36)12-13-30(35)37)19-34(18-21-4-7-24(8-5-21)31(38)39)20(2)25-9-10-26(32)27(33)17-25/h6,9-11,16-17,20-21,24H,3-5,7-8,12-15,18-19H2,1-2H3,(H,38,39). The van der Waals surface area contributed by atoms with Crippen molar-refractivity contribution in [2.24, 2.45) is 11.8 Å². The molecule has 1 aliphatic carbocycles. The third-order valence-electron chi connectivity index (χ3n) is 8.28. The van der Waals surface area contributed by atoms with Crippen molar-refractivity contribution in [2.45, 2.75) is 71.4 Å². The predicted octanol–water partition coefficient (Wildman–Crippen LogP) is 6.02. The maximum absolute atomic E-state index is 14.3. The van der Waals surface area contributed by atoms with Crippen molar-refractivity contribution in [1.29, 1.82) is 0 Å². The van der Waals surface area contributed by atoms with E-state index in [4.69, 9.17) is 16.3 Å². The minimum Gasteiger partial charge on any atom is -0.491 e. The average molecular weight is 573 g/mol. The number of nitrogens with zero attached hydrogens (tertiary/aromatic N) is 2. The zero-order valence-corrected chi connectivity index (χ0v) is 24.0. The van der Waals surface area contributed by atoms with Crippen LogP contribution in [0.15, 0.2) is 36.4 Å². The zero-order valence-electron chi connectivity index (χ0n) is 23.2. The summed E-state index contributed by atoms with van der Waals surface area (Å²) in [6, 6.07) is 10.9. The highest BCUT2D eigenvalue weighted by molar-refractivity contribution is 6.30. The van der Waals surface area contributed by atoms with Crippen LogP contribution in [-0.4, -0.2) is 52.4 Å². The monoisotopic (exact) mass is 572 g/mol. The Balaban J connectivity index is 1.47. The van der Waals surface area contributed by atoms with Crippen LogP contribution in [0.25, 0.3) is 0 Å². The highest BCUT2D eigenvalue weighted by Crippen LogP contribution is 2.33. The fraction of sp³-hybridized carbons (Fsp3) is 0.516. The lowest BCUT2D eigenvalue weighted by Crippen LogP contribution is -2.34. The summed E-state index contributed by atoms with van der Waals surface area (Å²) in [5.41, 5.74) is 2.96. The molecule has 2 amide bonds. The summed E-state index contributed by atoms with van der Waals surface area (Å²) < 4.78 is 20.3. The summed E-state index contributed by atoms with van der Waals surface area (Å²) >= 11 is 5.94. The number of benzene rings is 2. The number of hydrogen-bond donors (Lipinski definition) is 1. The molecule has 2 aromatic carbocycles. The Bertz CT molecular complexity index is 1210. The number of likely N-dealkylation sites (tertiary alicyclic amines) is 1. The molecule has 216 valence electrons. The molecule has 2 fully saturated rings. The first-order valence-corrected chi connectivity index (χ1v) is 14.5. The van der Waals surface area contributed by atoms with Gasteiger partial charge in [0.15, 0.2) is 0 Å². The molecule has 2 aliphatic rings. The lowest BCUT2D eigenvalue weighted by molar-refractivity contribution is -0.143.